The number of hydrogen-bond acceptors (Lipinski definition) is 4. The first kappa shape index (κ1) is 19.0. The van der Waals surface area contributed by atoms with E-state index in [4.69, 9.17) is 21.1 Å². The zero-order valence-electron chi connectivity index (χ0n) is 14.6. The van der Waals surface area contributed by atoms with Gasteiger partial charge < -0.3 is 14.8 Å². The fourth-order valence-corrected chi connectivity index (χ4v) is 3.02. The number of benzene rings is 1. The second-order valence-corrected chi connectivity index (χ2v) is 6.86. The second kappa shape index (κ2) is 9.25. The molecule has 1 aliphatic heterocycles. The van der Waals surface area contributed by atoms with Crippen LogP contribution >= 0.6 is 11.6 Å². The summed E-state index contributed by atoms with van der Waals surface area (Å²) in [6.45, 7) is 10.0. The monoisotopic (exact) mass is 354 g/mol. The summed E-state index contributed by atoms with van der Waals surface area (Å²) in [6.07, 6.45) is -0.569. The normalized spacial score (nSPS) is 18.2. The first-order chi connectivity index (χ1) is 11.5. The minimum Gasteiger partial charge on any atom is -0.481 e. The van der Waals surface area contributed by atoms with Crippen molar-refractivity contribution in [2.45, 2.75) is 32.9 Å². The Morgan fingerprint density at radius 3 is 2.67 bits per heavy atom. The lowest BCUT2D eigenvalue weighted by atomic mass is 10.0. The van der Waals surface area contributed by atoms with Gasteiger partial charge in [-0.3, -0.25) is 9.69 Å². The van der Waals surface area contributed by atoms with Gasteiger partial charge in [0, 0.05) is 30.7 Å². The summed E-state index contributed by atoms with van der Waals surface area (Å²) >= 11 is 5.94. The predicted molar refractivity (Wildman–Crippen MR) is 95.6 cm³/mol. The van der Waals surface area contributed by atoms with Gasteiger partial charge in [0.1, 0.15) is 5.75 Å². The highest BCUT2D eigenvalue weighted by Gasteiger charge is 2.25. The molecule has 1 heterocycles. The molecule has 1 aromatic carbocycles. The molecular formula is C18H27ClN2O3. The summed E-state index contributed by atoms with van der Waals surface area (Å²) in [5.74, 6) is 0.931. The lowest BCUT2D eigenvalue weighted by Crippen LogP contribution is -2.52. The maximum absolute atomic E-state index is 12.3. The number of morpholine rings is 1. The van der Waals surface area contributed by atoms with Gasteiger partial charge in [0.2, 0.25) is 0 Å². The van der Waals surface area contributed by atoms with Crippen LogP contribution in [0.2, 0.25) is 5.02 Å². The quantitative estimate of drug-likeness (QED) is 0.817. The van der Waals surface area contributed by atoms with E-state index in [9.17, 15) is 4.79 Å². The molecule has 0 saturated carbocycles. The van der Waals surface area contributed by atoms with Crippen molar-refractivity contribution in [3.05, 3.63) is 29.3 Å². The molecule has 6 heteroatoms. The first-order valence-electron chi connectivity index (χ1n) is 8.49. The van der Waals surface area contributed by atoms with E-state index in [1.165, 1.54) is 0 Å². The van der Waals surface area contributed by atoms with Gasteiger partial charge in [0.25, 0.3) is 5.91 Å². The Hall–Kier alpha value is -1.30. The fourth-order valence-electron chi connectivity index (χ4n) is 2.84. The minimum absolute atomic E-state index is 0.117. The van der Waals surface area contributed by atoms with E-state index in [1.54, 1.807) is 31.2 Å². The van der Waals surface area contributed by atoms with Crippen LogP contribution < -0.4 is 10.1 Å². The third kappa shape index (κ3) is 5.65. The highest BCUT2D eigenvalue weighted by molar-refractivity contribution is 6.30. The highest BCUT2D eigenvalue weighted by atomic mass is 35.5. The third-order valence-electron chi connectivity index (χ3n) is 4.25. The van der Waals surface area contributed by atoms with E-state index in [2.05, 4.69) is 24.1 Å². The molecule has 2 atom stereocenters. The Morgan fingerprint density at radius 2 is 2.04 bits per heavy atom. The van der Waals surface area contributed by atoms with Crippen molar-refractivity contribution in [3.63, 3.8) is 0 Å². The highest BCUT2D eigenvalue weighted by Crippen LogP contribution is 2.18. The van der Waals surface area contributed by atoms with E-state index in [0.717, 1.165) is 26.3 Å². The van der Waals surface area contributed by atoms with E-state index in [0.29, 0.717) is 29.3 Å². The number of rotatable bonds is 7. The average Bonchev–Trinajstić information content (AvgIpc) is 2.55. The molecule has 2 rings (SSSR count). The smallest absolute Gasteiger partial charge is 0.260 e. The lowest BCUT2D eigenvalue weighted by Gasteiger charge is -2.37. The van der Waals surface area contributed by atoms with Crippen LogP contribution in [0.1, 0.15) is 20.8 Å². The van der Waals surface area contributed by atoms with Crippen molar-refractivity contribution < 1.29 is 14.3 Å². The van der Waals surface area contributed by atoms with Crippen molar-refractivity contribution in [1.29, 1.82) is 0 Å². The molecule has 1 N–H and O–H groups in total. The number of hydrogen-bond donors (Lipinski definition) is 1. The van der Waals surface area contributed by atoms with Crippen LogP contribution in [0.3, 0.4) is 0 Å². The Morgan fingerprint density at radius 1 is 1.33 bits per heavy atom. The molecule has 1 fully saturated rings. The van der Waals surface area contributed by atoms with E-state index in [1.807, 2.05) is 0 Å². The molecule has 1 aliphatic rings. The molecule has 134 valence electrons. The summed E-state index contributed by atoms with van der Waals surface area (Å²) < 4.78 is 11.1. The van der Waals surface area contributed by atoms with Crippen molar-refractivity contribution >= 4 is 17.5 Å². The van der Waals surface area contributed by atoms with Gasteiger partial charge >= 0.3 is 0 Å². The number of nitrogens with zero attached hydrogens (tertiary/aromatic N) is 1. The number of carbonyl (C=O) groups is 1. The molecule has 1 amide bonds. The Labute approximate surface area is 149 Å². The van der Waals surface area contributed by atoms with Crippen LogP contribution in [0.25, 0.3) is 0 Å². The van der Waals surface area contributed by atoms with Gasteiger partial charge in [0.05, 0.1) is 13.2 Å². The van der Waals surface area contributed by atoms with Gasteiger partial charge in [-0.25, -0.2) is 0 Å². The predicted octanol–water partition coefficient (Wildman–Crippen LogP) is 2.58. The molecule has 0 aliphatic carbocycles. The molecule has 0 radical (unpaired) electrons. The Kier molecular flexibility index (Phi) is 7.34. The van der Waals surface area contributed by atoms with Gasteiger partial charge in [0.15, 0.2) is 6.10 Å². The van der Waals surface area contributed by atoms with Gasteiger partial charge in [-0.05, 0) is 31.0 Å². The second-order valence-electron chi connectivity index (χ2n) is 6.42. The fraction of sp³-hybridized carbons (Fsp3) is 0.611. The third-order valence-corrected chi connectivity index (χ3v) is 4.48. The molecule has 1 aromatic rings. The summed E-state index contributed by atoms with van der Waals surface area (Å²) in [5.41, 5.74) is 0. The summed E-state index contributed by atoms with van der Waals surface area (Å²) in [4.78, 5) is 14.7. The van der Waals surface area contributed by atoms with Crippen LogP contribution in [0, 0.1) is 5.92 Å². The topological polar surface area (TPSA) is 50.8 Å². The van der Waals surface area contributed by atoms with E-state index >= 15 is 0 Å². The van der Waals surface area contributed by atoms with E-state index in [-0.39, 0.29) is 5.91 Å². The first-order valence-corrected chi connectivity index (χ1v) is 8.87. The molecular weight excluding hydrogens is 328 g/mol. The summed E-state index contributed by atoms with van der Waals surface area (Å²) in [6, 6.07) is 7.37. The summed E-state index contributed by atoms with van der Waals surface area (Å²) in [5, 5.41) is 3.61. The molecule has 0 spiro atoms. The maximum atomic E-state index is 12.3. The number of ether oxygens (including phenoxy) is 2. The molecule has 0 bridgehead atoms. The van der Waals surface area contributed by atoms with Crippen LogP contribution in [0.4, 0.5) is 0 Å². The molecule has 0 aromatic heterocycles. The van der Waals surface area contributed by atoms with Crippen LogP contribution in [-0.4, -0.2) is 55.8 Å². The molecule has 24 heavy (non-hydrogen) atoms. The Bertz CT molecular complexity index is 533. The average molecular weight is 355 g/mol. The Balaban J connectivity index is 1.85. The zero-order valence-corrected chi connectivity index (χ0v) is 15.4. The van der Waals surface area contributed by atoms with Crippen LogP contribution in [0.5, 0.6) is 5.75 Å². The van der Waals surface area contributed by atoms with Crippen molar-refractivity contribution in [3.8, 4) is 5.75 Å². The lowest BCUT2D eigenvalue weighted by molar-refractivity contribution is -0.127. The number of halogens is 1. The molecule has 1 saturated heterocycles. The zero-order chi connectivity index (χ0) is 17.5. The van der Waals surface area contributed by atoms with Crippen LogP contribution in [-0.2, 0) is 9.53 Å². The SMILES string of the molecule is CC(Oc1cccc(Cl)c1)C(=O)NCC(C(C)C)N1CCOCC1. The maximum Gasteiger partial charge on any atom is 0.260 e. The van der Waals surface area contributed by atoms with Gasteiger partial charge in [-0.2, -0.15) is 0 Å². The van der Waals surface area contributed by atoms with Gasteiger partial charge in [-0.1, -0.05) is 31.5 Å². The number of carbonyl (C=O) groups excluding carboxylic acids is 1. The van der Waals surface area contributed by atoms with Crippen molar-refractivity contribution in [1.82, 2.24) is 10.2 Å². The number of nitrogens with one attached hydrogen (secondary N) is 1. The van der Waals surface area contributed by atoms with Gasteiger partial charge in [-0.15, -0.1) is 0 Å². The largest absolute Gasteiger partial charge is 0.481 e. The van der Waals surface area contributed by atoms with Crippen molar-refractivity contribution in [2.75, 3.05) is 32.8 Å². The number of amides is 1. The summed E-state index contributed by atoms with van der Waals surface area (Å²) in [7, 11) is 0. The van der Waals surface area contributed by atoms with Crippen molar-refractivity contribution in [2.24, 2.45) is 5.92 Å². The van der Waals surface area contributed by atoms with Crippen LogP contribution in [0.15, 0.2) is 24.3 Å². The molecule has 5 nitrogen and oxygen atoms in total. The van der Waals surface area contributed by atoms with E-state index < -0.39 is 6.10 Å². The molecule has 2 unspecified atom stereocenters. The standard InChI is InChI=1S/C18H27ClN2O3/c1-13(2)17(21-7-9-23-10-8-21)12-20-18(22)14(3)24-16-6-4-5-15(19)11-16/h4-6,11,13-14,17H,7-10,12H2,1-3H3,(H,20,22). The minimum atomic E-state index is -0.569.